The summed E-state index contributed by atoms with van der Waals surface area (Å²) in [4.78, 5) is 30.4. The van der Waals surface area contributed by atoms with Gasteiger partial charge in [0.25, 0.3) is 11.5 Å². The van der Waals surface area contributed by atoms with Gasteiger partial charge in [0.15, 0.2) is 0 Å². The van der Waals surface area contributed by atoms with Crippen LogP contribution in [0, 0.1) is 5.92 Å². The number of carbonyl (C=O) groups excluding carboxylic acids is 1. The molecule has 4 rings (SSSR count). The van der Waals surface area contributed by atoms with E-state index in [0.717, 1.165) is 18.2 Å². The van der Waals surface area contributed by atoms with E-state index >= 15 is 0 Å². The lowest BCUT2D eigenvalue weighted by Crippen LogP contribution is -2.49. The quantitative estimate of drug-likeness (QED) is 0.677. The molecular formula is C23H31N3O3. The number of para-hydroxylation sites is 1. The van der Waals surface area contributed by atoms with E-state index < -0.39 is 17.2 Å². The third-order valence-electron chi connectivity index (χ3n) is 6.54. The van der Waals surface area contributed by atoms with Crippen molar-refractivity contribution in [1.82, 2.24) is 15.2 Å². The van der Waals surface area contributed by atoms with Crippen LogP contribution in [0.4, 0.5) is 0 Å². The van der Waals surface area contributed by atoms with Gasteiger partial charge in [-0.2, -0.15) is 0 Å². The summed E-state index contributed by atoms with van der Waals surface area (Å²) in [7, 11) is 0. The predicted octanol–water partition coefficient (Wildman–Crippen LogP) is 3.01. The van der Waals surface area contributed by atoms with Crippen molar-refractivity contribution < 1.29 is 9.90 Å². The van der Waals surface area contributed by atoms with Crippen LogP contribution in [-0.4, -0.2) is 45.8 Å². The summed E-state index contributed by atoms with van der Waals surface area (Å²) in [6.07, 6.45) is 7.62. The maximum atomic E-state index is 12.7. The van der Waals surface area contributed by atoms with Gasteiger partial charge < -0.3 is 20.3 Å². The molecule has 1 aliphatic carbocycles. The Labute approximate surface area is 171 Å². The first-order valence-electron chi connectivity index (χ1n) is 10.8. The number of pyridine rings is 1. The highest BCUT2D eigenvalue weighted by atomic mass is 16.3. The van der Waals surface area contributed by atoms with Gasteiger partial charge in [-0.25, -0.2) is 0 Å². The number of rotatable bonds is 5. The lowest BCUT2D eigenvalue weighted by molar-refractivity contribution is -0.00440. The number of aliphatic hydroxyl groups is 1. The molecule has 156 valence electrons. The second kappa shape index (κ2) is 8.28. The van der Waals surface area contributed by atoms with E-state index in [1.54, 1.807) is 19.1 Å². The average molecular weight is 398 g/mol. The molecule has 0 radical (unpaired) electrons. The van der Waals surface area contributed by atoms with Crippen molar-refractivity contribution in [1.29, 1.82) is 0 Å². The monoisotopic (exact) mass is 397 g/mol. The molecule has 29 heavy (non-hydrogen) atoms. The molecule has 1 aliphatic heterocycles. The Morgan fingerprint density at radius 3 is 2.62 bits per heavy atom. The number of benzene rings is 1. The van der Waals surface area contributed by atoms with Gasteiger partial charge in [0.1, 0.15) is 11.3 Å². The molecule has 3 N–H and O–H groups in total. The van der Waals surface area contributed by atoms with Crippen molar-refractivity contribution in [2.45, 2.75) is 63.6 Å². The molecule has 1 amide bonds. The third-order valence-corrected chi connectivity index (χ3v) is 6.54. The normalized spacial score (nSPS) is 25.0. The molecule has 2 heterocycles. The van der Waals surface area contributed by atoms with E-state index in [-0.39, 0.29) is 5.56 Å². The summed E-state index contributed by atoms with van der Waals surface area (Å²) < 4.78 is 0. The molecule has 1 saturated heterocycles. The van der Waals surface area contributed by atoms with Gasteiger partial charge in [-0.3, -0.25) is 9.59 Å². The molecule has 0 bridgehead atoms. The van der Waals surface area contributed by atoms with Crippen LogP contribution in [0.1, 0.15) is 62.2 Å². The van der Waals surface area contributed by atoms with E-state index in [1.807, 2.05) is 18.2 Å². The Kier molecular flexibility index (Phi) is 5.74. The van der Waals surface area contributed by atoms with Crippen molar-refractivity contribution in [2.75, 3.05) is 13.1 Å². The van der Waals surface area contributed by atoms with Crippen LogP contribution in [0.2, 0.25) is 0 Å². The fraction of sp³-hybridized carbons (Fsp3) is 0.565. The molecule has 6 nitrogen and oxygen atoms in total. The zero-order valence-corrected chi connectivity index (χ0v) is 17.1. The molecule has 1 aromatic carbocycles. The van der Waals surface area contributed by atoms with Crippen LogP contribution in [0.5, 0.6) is 0 Å². The molecule has 6 heteroatoms. The zero-order valence-electron chi connectivity index (χ0n) is 17.1. The largest absolute Gasteiger partial charge is 0.371 e. The third kappa shape index (κ3) is 4.70. The number of likely N-dealkylation sites (tertiary alicyclic amines) is 1. The predicted molar refractivity (Wildman–Crippen MR) is 114 cm³/mol. The second-order valence-corrected chi connectivity index (χ2v) is 8.95. The molecule has 1 atom stereocenters. The van der Waals surface area contributed by atoms with Gasteiger partial charge in [-0.05, 0) is 88.4 Å². The number of fused-ring (bicyclic) bond motifs is 1. The SMILES string of the molecule is CC(O)(CC1CCC(N2CCCC2)CC1)NC(=O)c1cc2ccccc2[nH]c1=O. The van der Waals surface area contributed by atoms with E-state index in [1.165, 1.54) is 38.8 Å². The maximum Gasteiger partial charge on any atom is 0.261 e. The molecule has 2 aliphatic rings. The number of H-pyrrole nitrogens is 1. The van der Waals surface area contributed by atoms with Crippen LogP contribution in [0.3, 0.4) is 0 Å². The molecule has 1 saturated carbocycles. The number of nitrogens with zero attached hydrogens (tertiary/aromatic N) is 1. The number of hydrogen-bond donors (Lipinski definition) is 3. The van der Waals surface area contributed by atoms with Crippen molar-refractivity contribution in [2.24, 2.45) is 5.92 Å². The van der Waals surface area contributed by atoms with Gasteiger partial charge in [0.2, 0.25) is 0 Å². The Bertz CT molecular complexity index is 922. The Morgan fingerprint density at radius 2 is 1.90 bits per heavy atom. The Hall–Kier alpha value is -2.18. The standard InChI is InChI=1S/C23H31N3O3/c1-23(29,15-16-8-10-18(11-9-16)26-12-4-5-13-26)25-22(28)19-14-17-6-2-3-7-20(17)24-21(19)27/h2-3,6-7,14,16,18,29H,4-5,8-13,15H2,1H3,(H,24,27)(H,25,28). The number of aromatic amines is 1. The van der Waals surface area contributed by atoms with Gasteiger partial charge >= 0.3 is 0 Å². The first-order chi connectivity index (χ1) is 13.9. The number of aromatic nitrogens is 1. The molecular weight excluding hydrogens is 366 g/mol. The summed E-state index contributed by atoms with van der Waals surface area (Å²) in [5.74, 6) is -0.146. The second-order valence-electron chi connectivity index (χ2n) is 8.95. The minimum absolute atomic E-state index is 0.0294. The van der Waals surface area contributed by atoms with Gasteiger partial charge in [-0.1, -0.05) is 18.2 Å². The fourth-order valence-corrected chi connectivity index (χ4v) is 5.06. The lowest BCUT2D eigenvalue weighted by Gasteiger charge is -2.37. The highest BCUT2D eigenvalue weighted by Crippen LogP contribution is 2.33. The van der Waals surface area contributed by atoms with Gasteiger partial charge in [0.05, 0.1) is 0 Å². The Morgan fingerprint density at radius 1 is 1.21 bits per heavy atom. The molecule has 0 spiro atoms. The van der Waals surface area contributed by atoms with Crippen molar-refractivity contribution in [3.8, 4) is 0 Å². The van der Waals surface area contributed by atoms with E-state index in [2.05, 4.69) is 15.2 Å². The van der Waals surface area contributed by atoms with Crippen LogP contribution in [0.25, 0.3) is 10.9 Å². The number of carbonyl (C=O) groups is 1. The van der Waals surface area contributed by atoms with Crippen LogP contribution >= 0.6 is 0 Å². The van der Waals surface area contributed by atoms with Crippen LogP contribution in [0.15, 0.2) is 35.1 Å². The van der Waals surface area contributed by atoms with Crippen molar-refractivity contribution in [3.63, 3.8) is 0 Å². The number of hydrogen-bond acceptors (Lipinski definition) is 4. The summed E-state index contributed by atoms with van der Waals surface area (Å²) in [5, 5.41) is 14.3. The highest BCUT2D eigenvalue weighted by molar-refractivity contribution is 5.97. The lowest BCUT2D eigenvalue weighted by atomic mass is 9.81. The molecule has 2 aromatic rings. The highest BCUT2D eigenvalue weighted by Gasteiger charge is 2.33. The van der Waals surface area contributed by atoms with Crippen LogP contribution < -0.4 is 10.9 Å². The zero-order chi connectivity index (χ0) is 20.4. The fourth-order valence-electron chi connectivity index (χ4n) is 5.06. The molecule has 2 fully saturated rings. The van der Waals surface area contributed by atoms with Crippen molar-refractivity contribution in [3.05, 3.63) is 46.2 Å². The smallest absolute Gasteiger partial charge is 0.261 e. The molecule has 1 aromatic heterocycles. The number of amides is 1. The maximum absolute atomic E-state index is 12.7. The van der Waals surface area contributed by atoms with Crippen LogP contribution in [-0.2, 0) is 0 Å². The number of nitrogens with one attached hydrogen (secondary N) is 2. The average Bonchev–Trinajstić information content (AvgIpc) is 3.22. The van der Waals surface area contributed by atoms with Gasteiger partial charge in [0, 0.05) is 11.6 Å². The topological polar surface area (TPSA) is 85.4 Å². The first kappa shape index (κ1) is 20.1. The Balaban J connectivity index is 1.36. The summed E-state index contributed by atoms with van der Waals surface area (Å²) >= 11 is 0. The van der Waals surface area contributed by atoms with E-state index in [0.29, 0.717) is 23.9 Å². The first-order valence-corrected chi connectivity index (χ1v) is 10.8. The van der Waals surface area contributed by atoms with Gasteiger partial charge in [-0.15, -0.1) is 0 Å². The molecule has 1 unspecified atom stereocenters. The summed E-state index contributed by atoms with van der Waals surface area (Å²) in [5.41, 5.74) is -1.05. The summed E-state index contributed by atoms with van der Waals surface area (Å²) in [6, 6.07) is 9.61. The van der Waals surface area contributed by atoms with E-state index in [9.17, 15) is 14.7 Å². The van der Waals surface area contributed by atoms with E-state index in [4.69, 9.17) is 0 Å². The minimum Gasteiger partial charge on any atom is -0.371 e. The summed E-state index contributed by atoms with van der Waals surface area (Å²) in [6.45, 7) is 4.08. The minimum atomic E-state index is -1.33. The van der Waals surface area contributed by atoms with Crippen molar-refractivity contribution >= 4 is 16.8 Å².